The summed E-state index contributed by atoms with van der Waals surface area (Å²) < 4.78 is 0. The molecule has 5 nitrogen and oxygen atoms in total. The van der Waals surface area contributed by atoms with Gasteiger partial charge in [0.15, 0.2) is 0 Å². The minimum absolute atomic E-state index is 0.294. The lowest BCUT2D eigenvalue weighted by atomic mass is 10.1. The molecule has 110 valence electrons. The topological polar surface area (TPSA) is 52.8 Å². The molecule has 0 saturated carbocycles. The van der Waals surface area contributed by atoms with E-state index in [0.717, 1.165) is 52.0 Å². The average molecular weight is 268 g/mol. The quantitative estimate of drug-likeness (QED) is 0.780. The molecule has 2 fully saturated rings. The molecule has 1 amide bonds. The molecule has 2 rings (SSSR count). The zero-order valence-electron chi connectivity index (χ0n) is 12.3. The van der Waals surface area contributed by atoms with Gasteiger partial charge in [-0.2, -0.15) is 0 Å². The average Bonchev–Trinajstić information content (AvgIpc) is 2.42. The van der Waals surface area contributed by atoms with E-state index in [2.05, 4.69) is 23.8 Å². The summed E-state index contributed by atoms with van der Waals surface area (Å²) in [5.74, 6) is 0.294. The van der Waals surface area contributed by atoms with Gasteiger partial charge in [-0.1, -0.05) is 6.92 Å². The predicted molar refractivity (Wildman–Crippen MR) is 76.9 cm³/mol. The standard InChI is InChI=1S/C14H28N4O/c1-3-13-10-18(9-8-16(13)2)14(19)11-17-6-4-12(15)5-7-17/h12-13H,3-11,15H2,1-2H3. The third-order valence-corrected chi connectivity index (χ3v) is 4.59. The van der Waals surface area contributed by atoms with Gasteiger partial charge in [-0.15, -0.1) is 0 Å². The highest BCUT2D eigenvalue weighted by Gasteiger charge is 2.27. The Hall–Kier alpha value is -0.650. The Morgan fingerprint density at radius 1 is 1.21 bits per heavy atom. The fraction of sp³-hybridized carbons (Fsp3) is 0.929. The summed E-state index contributed by atoms with van der Waals surface area (Å²) in [4.78, 5) is 19.0. The van der Waals surface area contributed by atoms with Crippen LogP contribution in [0.5, 0.6) is 0 Å². The number of carbonyl (C=O) groups is 1. The van der Waals surface area contributed by atoms with Gasteiger partial charge in [-0.25, -0.2) is 0 Å². The summed E-state index contributed by atoms with van der Waals surface area (Å²) in [5.41, 5.74) is 5.89. The molecule has 19 heavy (non-hydrogen) atoms. The van der Waals surface area contributed by atoms with Gasteiger partial charge >= 0.3 is 0 Å². The van der Waals surface area contributed by atoms with Crippen molar-refractivity contribution in [3.8, 4) is 0 Å². The summed E-state index contributed by atoms with van der Waals surface area (Å²) >= 11 is 0. The number of nitrogens with zero attached hydrogens (tertiary/aromatic N) is 3. The Morgan fingerprint density at radius 3 is 2.53 bits per heavy atom. The lowest BCUT2D eigenvalue weighted by Crippen LogP contribution is -2.55. The van der Waals surface area contributed by atoms with Crippen molar-refractivity contribution < 1.29 is 4.79 Å². The molecule has 2 N–H and O–H groups in total. The van der Waals surface area contributed by atoms with Gasteiger partial charge in [0.2, 0.25) is 5.91 Å². The number of likely N-dealkylation sites (tertiary alicyclic amines) is 1. The van der Waals surface area contributed by atoms with Gasteiger partial charge in [0.1, 0.15) is 0 Å². The van der Waals surface area contributed by atoms with Crippen molar-refractivity contribution in [2.45, 2.75) is 38.3 Å². The summed E-state index contributed by atoms with van der Waals surface area (Å²) in [6, 6.07) is 0.854. The Labute approximate surface area is 116 Å². The highest BCUT2D eigenvalue weighted by molar-refractivity contribution is 5.78. The number of piperidine rings is 1. The van der Waals surface area contributed by atoms with Gasteiger partial charge in [-0.05, 0) is 26.3 Å². The number of piperazine rings is 1. The molecule has 0 aromatic carbocycles. The van der Waals surface area contributed by atoms with Crippen LogP contribution in [-0.2, 0) is 4.79 Å². The van der Waals surface area contributed by atoms with E-state index in [9.17, 15) is 4.79 Å². The summed E-state index contributed by atoms with van der Waals surface area (Å²) in [5, 5.41) is 0. The second-order valence-electron chi connectivity index (χ2n) is 6.00. The molecular formula is C14H28N4O. The van der Waals surface area contributed by atoms with Crippen molar-refractivity contribution in [1.82, 2.24) is 14.7 Å². The van der Waals surface area contributed by atoms with Crippen LogP contribution in [0.4, 0.5) is 0 Å². The molecule has 1 unspecified atom stereocenters. The van der Waals surface area contributed by atoms with E-state index in [-0.39, 0.29) is 0 Å². The van der Waals surface area contributed by atoms with Crippen LogP contribution < -0.4 is 5.73 Å². The molecule has 0 aliphatic carbocycles. The number of carbonyl (C=O) groups excluding carboxylic acids is 1. The molecule has 1 atom stereocenters. The van der Waals surface area contributed by atoms with Crippen LogP contribution >= 0.6 is 0 Å². The first kappa shape index (κ1) is 14.8. The number of nitrogens with two attached hydrogens (primary N) is 1. The summed E-state index contributed by atoms with van der Waals surface area (Å²) in [7, 11) is 2.15. The molecule has 0 radical (unpaired) electrons. The fourth-order valence-corrected chi connectivity index (χ4v) is 3.02. The first-order chi connectivity index (χ1) is 9.10. The van der Waals surface area contributed by atoms with Gasteiger partial charge < -0.3 is 10.6 Å². The SMILES string of the molecule is CCC1CN(C(=O)CN2CCC(N)CC2)CCN1C. The second-order valence-corrected chi connectivity index (χ2v) is 6.00. The predicted octanol–water partition coefficient (Wildman–Crippen LogP) is -0.0379. The Kier molecular flexibility index (Phi) is 5.19. The van der Waals surface area contributed by atoms with Gasteiger partial charge in [0, 0.05) is 44.8 Å². The minimum Gasteiger partial charge on any atom is -0.339 e. The molecule has 0 spiro atoms. The Bertz CT molecular complexity index is 302. The lowest BCUT2D eigenvalue weighted by molar-refractivity contribution is -0.135. The molecule has 2 heterocycles. The second kappa shape index (κ2) is 6.68. The molecule has 2 saturated heterocycles. The van der Waals surface area contributed by atoms with Crippen molar-refractivity contribution in [3.63, 3.8) is 0 Å². The molecule has 2 aliphatic rings. The molecule has 0 bridgehead atoms. The Balaban J connectivity index is 1.80. The van der Waals surface area contributed by atoms with E-state index in [0.29, 0.717) is 24.5 Å². The smallest absolute Gasteiger partial charge is 0.236 e. The third-order valence-electron chi connectivity index (χ3n) is 4.59. The fourth-order valence-electron chi connectivity index (χ4n) is 3.02. The number of amides is 1. The highest BCUT2D eigenvalue weighted by Crippen LogP contribution is 2.13. The van der Waals surface area contributed by atoms with Crippen LogP contribution in [0.2, 0.25) is 0 Å². The number of rotatable bonds is 3. The zero-order chi connectivity index (χ0) is 13.8. The van der Waals surface area contributed by atoms with E-state index in [1.807, 2.05) is 4.90 Å². The molecule has 2 aliphatic heterocycles. The minimum atomic E-state index is 0.294. The van der Waals surface area contributed by atoms with Gasteiger partial charge in [0.05, 0.1) is 6.54 Å². The van der Waals surface area contributed by atoms with Crippen molar-refractivity contribution in [1.29, 1.82) is 0 Å². The highest BCUT2D eigenvalue weighted by atomic mass is 16.2. The zero-order valence-corrected chi connectivity index (χ0v) is 12.3. The number of hydrogen-bond donors (Lipinski definition) is 1. The number of hydrogen-bond acceptors (Lipinski definition) is 4. The van der Waals surface area contributed by atoms with Crippen molar-refractivity contribution in [2.75, 3.05) is 46.3 Å². The molecule has 0 aromatic rings. The maximum Gasteiger partial charge on any atom is 0.236 e. The van der Waals surface area contributed by atoms with E-state index < -0.39 is 0 Å². The van der Waals surface area contributed by atoms with Gasteiger partial charge in [-0.3, -0.25) is 14.6 Å². The van der Waals surface area contributed by atoms with Crippen LogP contribution in [0.25, 0.3) is 0 Å². The maximum absolute atomic E-state index is 12.4. The normalized spacial score (nSPS) is 27.7. The van der Waals surface area contributed by atoms with E-state index >= 15 is 0 Å². The molecular weight excluding hydrogens is 240 g/mol. The summed E-state index contributed by atoms with van der Waals surface area (Å²) in [6.45, 7) is 7.47. The van der Waals surface area contributed by atoms with Crippen molar-refractivity contribution in [3.05, 3.63) is 0 Å². The van der Waals surface area contributed by atoms with E-state index in [4.69, 9.17) is 5.73 Å². The van der Waals surface area contributed by atoms with E-state index in [1.165, 1.54) is 0 Å². The van der Waals surface area contributed by atoms with Crippen molar-refractivity contribution in [2.24, 2.45) is 5.73 Å². The maximum atomic E-state index is 12.4. The van der Waals surface area contributed by atoms with Crippen LogP contribution in [0.3, 0.4) is 0 Å². The molecule has 0 aromatic heterocycles. The van der Waals surface area contributed by atoms with Gasteiger partial charge in [0.25, 0.3) is 0 Å². The lowest BCUT2D eigenvalue weighted by Gasteiger charge is -2.40. The van der Waals surface area contributed by atoms with Crippen LogP contribution in [0.15, 0.2) is 0 Å². The molecule has 5 heteroatoms. The first-order valence-electron chi connectivity index (χ1n) is 7.56. The number of likely N-dealkylation sites (N-methyl/N-ethyl adjacent to an activating group) is 1. The summed E-state index contributed by atoms with van der Waals surface area (Å²) in [6.07, 6.45) is 3.15. The monoisotopic (exact) mass is 268 g/mol. The van der Waals surface area contributed by atoms with Crippen LogP contribution in [0.1, 0.15) is 26.2 Å². The van der Waals surface area contributed by atoms with Crippen molar-refractivity contribution >= 4 is 5.91 Å². The van der Waals surface area contributed by atoms with Crippen LogP contribution in [-0.4, -0.2) is 79.0 Å². The van der Waals surface area contributed by atoms with E-state index in [1.54, 1.807) is 0 Å². The van der Waals surface area contributed by atoms with Crippen LogP contribution in [0, 0.1) is 0 Å². The first-order valence-corrected chi connectivity index (χ1v) is 7.56. The Morgan fingerprint density at radius 2 is 1.89 bits per heavy atom. The third kappa shape index (κ3) is 3.91. The largest absolute Gasteiger partial charge is 0.339 e.